The molecule has 2 aromatic carbocycles. The fourth-order valence-corrected chi connectivity index (χ4v) is 2.70. The van der Waals surface area contributed by atoms with Crippen LogP contribution in [0.3, 0.4) is 0 Å². The van der Waals surface area contributed by atoms with Gasteiger partial charge in [0.05, 0.1) is 11.5 Å². The zero-order chi connectivity index (χ0) is 20.1. The molecule has 0 fully saturated rings. The van der Waals surface area contributed by atoms with Gasteiger partial charge in [-0.1, -0.05) is 18.2 Å². The predicted octanol–water partition coefficient (Wildman–Crippen LogP) is 2.32. The van der Waals surface area contributed by atoms with E-state index < -0.39 is 22.8 Å². The lowest BCUT2D eigenvalue weighted by molar-refractivity contribution is -0.385. The van der Waals surface area contributed by atoms with Crippen molar-refractivity contribution < 1.29 is 28.7 Å². The van der Waals surface area contributed by atoms with Gasteiger partial charge in [-0.2, -0.15) is 0 Å². The largest absolute Gasteiger partial charge is 0.467 e. The molecule has 1 N–H and O–H groups in total. The van der Waals surface area contributed by atoms with Crippen LogP contribution in [0, 0.1) is 10.1 Å². The van der Waals surface area contributed by atoms with Crippen molar-refractivity contribution in [2.75, 3.05) is 6.79 Å². The molecule has 0 bridgehead atoms. The minimum atomic E-state index is -0.897. The Hall–Kier alpha value is -3.46. The molecule has 0 saturated heterocycles. The van der Waals surface area contributed by atoms with E-state index in [0.717, 1.165) is 0 Å². The molecule has 1 aliphatic rings. The van der Waals surface area contributed by atoms with Gasteiger partial charge in [0, 0.05) is 28.8 Å². The van der Waals surface area contributed by atoms with Gasteiger partial charge in [0.1, 0.15) is 18.4 Å². The number of nitrogens with one attached hydrogen (secondary N) is 1. The Morgan fingerprint density at radius 2 is 2.04 bits per heavy atom. The number of hydrogen-bond donors (Lipinski definition) is 1. The lowest BCUT2D eigenvalue weighted by Crippen LogP contribution is -2.39. The number of nitro benzene ring substituents is 1. The standard InChI is InChI=1S/C19H18N2O7/c1-12(20-18(22)13-5-3-2-4-6-13)19(23)27-10-15-8-16(21(24)25)7-14-9-26-11-28-17(14)15/h2-8,12H,9-11H2,1H3,(H,20,22)/t12-/m0/s1. The molecular weight excluding hydrogens is 368 g/mol. The third-order valence-electron chi connectivity index (χ3n) is 4.09. The van der Waals surface area contributed by atoms with Crippen LogP contribution in [0.2, 0.25) is 0 Å². The number of carbonyl (C=O) groups excluding carboxylic acids is 2. The highest BCUT2D eigenvalue weighted by atomic mass is 16.7. The van der Waals surface area contributed by atoms with E-state index in [0.29, 0.717) is 22.4 Å². The number of benzene rings is 2. The lowest BCUT2D eigenvalue weighted by Gasteiger charge is -2.21. The van der Waals surface area contributed by atoms with Gasteiger partial charge in [-0.25, -0.2) is 4.79 Å². The zero-order valence-electron chi connectivity index (χ0n) is 15.0. The summed E-state index contributed by atoms with van der Waals surface area (Å²) in [5, 5.41) is 13.7. The number of non-ortho nitro benzene ring substituents is 1. The van der Waals surface area contributed by atoms with Crippen molar-refractivity contribution in [1.29, 1.82) is 0 Å². The lowest BCUT2D eigenvalue weighted by atomic mass is 10.1. The number of nitrogens with zero attached hydrogens (tertiary/aromatic N) is 1. The summed E-state index contributed by atoms with van der Waals surface area (Å²) >= 11 is 0. The first-order valence-corrected chi connectivity index (χ1v) is 8.49. The second-order valence-corrected chi connectivity index (χ2v) is 6.13. The maximum absolute atomic E-state index is 12.2. The van der Waals surface area contributed by atoms with Crippen LogP contribution in [-0.4, -0.2) is 29.6 Å². The molecule has 1 amide bonds. The molecule has 0 aliphatic carbocycles. The molecule has 9 nitrogen and oxygen atoms in total. The van der Waals surface area contributed by atoms with Crippen molar-refractivity contribution in [1.82, 2.24) is 5.32 Å². The summed E-state index contributed by atoms with van der Waals surface area (Å²) in [6.07, 6.45) is 0. The Morgan fingerprint density at radius 3 is 2.75 bits per heavy atom. The van der Waals surface area contributed by atoms with Gasteiger partial charge in [0.2, 0.25) is 0 Å². The quantitative estimate of drug-likeness (QED) is 0.460. The van der Waals surface area contributed by atoms with E-state index in [2.05, 4.69) is 5.32 Å². The monoisotopic (exact) mass is 386 g/mol. The Kier molecular flexibility index (Phi) is 5.85. The minimum Gasteiger partial charge on any atom is -0.467 e. The second-order valence-electron chi connectivity index (χ2n) is 6.13. The van der Waals surface area contributed by atoms with E-state index in [-0.39, 0.29) is 25.7 Å². The molecule has 0 unspecified atom stereocenters. The summed E-state index contributed by atoms with van der Waals surface area (Å²) in [5.74, 6) is -0.666. The van der Waals surface area contributed by atoms with Crippen LogP contribution in [0.15, 0.2) is 42.5 Å². The van der Waals surface area contributed by atoms with Crippen molar-refractivity contribution in [2.45, 2.75) is 26.2 Å². The van der Waals surface area contributed by atoms with Crippen molar-refractivity contribution in [3.63, 3.8) is 0 Å². The third-order valence-corrected chi connectivity index (χ3v) is 4.09. The van der Waals surface area contributed by atoms with E-state index in [4.69, 9.17) is 14.2 Å². The SMILES string of the molecule is C[C@H](NC(=O)c1ccccc1)C(=O)OCc1cc([N+](=O)[O-])cc2c1OCOC2. The number of rotatable bonds is 6. The maximum atomic E-state index is 12.2. The molecule has 146 valence electrons. The molecule has 3 rings (SSSR count). The van der Waals surface area contributed by atoms with Crippen LogP contribution in [0.5, 0.6) is 5.75 Å². The van der Waals surface area contributed by atoms with E-state index >= 15 is 0 Å². The summed E-state index contributed by atoms with van der Waals surface area (Å²) in [6.45, 7) is 1.45. The average Bonchev–Trinajstić information content (AvgIpc) is 2.71. The van der Waals surface area contributed by atoms with Gasteiger partial charge in [0.15, 0.2) is 6.79 Å². The highest BCUT2D eigenvalue weighted by Crippen LogP contribution is 2.33. The number of hydrogen-bond acceptors (Lipinski definition) is 7. The van der Waals surface area contributed by atoms with Crippen LogP contribution in [0.1, 0.15) is 28.4 Å². The molecule has 0 saturated carbocycles. The van der Waals surface area contributed by atoms with E-state index in [1.165, 1.54) is 19.1 Å². The highest BCUT2D eigenvalue weighted by molar-refractivity contribution is 5.96. The number of ether oxygens (including phenoxy) is 3. The summed E-state index contributed by atoms with van der Waals surface area (Å²) in [7, 11) is 0. The van der Waals surface area contributed by atoms with Crippen LogP contribution >= 0.6 is 0 Å². The Balaban J connectivity index is 1.66. The van der Waals surface area contributed by atoms with Gasteiger partial charge in [-0.05, 0) is 19.1 Å². The fourth-order valence-electron chi connectivity index (χ4n) is 2.70. The summed E-state index contributed by atoms with van der Waals surface area (Å²) in [5.41, 5.74) is 1.15. The van der Waals surface area contributed by atoms with E-state index in [1.54, 1.807) is 30.3 Å². The Labute approximate surface area is 160 Å². The average molecular weight is 386 g/mol. The third kappa shape index (κ3) is 4.44. The number of carbonyl (C=O) groups is 2. The van der Waals surface area contributed by atoms with Gasteiger partial charge in [-0.15, -0.1) is 0 Å². The van der Waals surface area contributed by atoms with Crippen LogP contribution in [0.4, 0.5) is 5.69 Å². The van der Waals surface area contributed by atoms with Crippen LogP contribution < -0.4 is 10.1 Å². The molecule has 0 radical (unpaired) electrons. The molecule has 28 heavy (non-hydrogen) atoms. The molecule has 9 heteroatoms. The molecule has 1 heterocycles. The van der Waals surface area contributed by atoms with Gasteiger partial charge >= 0.3 is 5.97 Å². The molecule has 2 aromatic rings. The Bertz CT molecular complexity index is 899. The second kappa shape index (κ2) is 8.49. The Morgan fingerprint density at radius 1 is 1.29 bits per heavy atom. The first-order valence-electron chi connectivity index (χ1n) is 8.49. The highest BCUT2D eigenvalue weighted by Gasteiger charge is 2.23. The number of nitro groups is 1. The minimum absolute atomic E-state index is 0.00922. The van der Waals surface area contributed by atoms with Crippen LogP contribution in [0.25, 0.3) is 0 Å². The fraction of sp³-hybridized carbons (Fsp3) is 0.263. The van der Waals surface area contributed by atoms with Gasteiger partial charge in [-0.3, -0.25) is 14.9 Å². The maximum Gasteiger partial charge on any atom is 0.328 e. The molecule has 0 spiro atoms. The zero-order valence-corrected chi connectivity index (χ0v) is 15.0. The van der Waals surface area contributed by atoms with Crippen molar-refractivity contribution in [3.8, 4) is 5.75 Å². The van der Waals surface area contributed by atoms with Crippen LogP contribution in [-0.2, 0) is 27.5 Å². The smallest absolute Gasteiger partial charge is 0.328 e. The first-order chi connectivity index (χ1) is 13.5. The van der Waals surface area contributed by atoms with Crippen molar-refractivity contribution >= 4 is 17.6 Å². The molecule has 1 aliphatic heterocycles. The molecule has 1 atom stereocenters. The predicted molar refractivity (Wildman–Crippen MR) is 96.5 cm³/mol. The van der Waals surface area contributed by atoms with Crippen molar-refractivity contribution in [3.05, 3.63) is 69.3 Å². The van der Waals surface area contributed by atoms with E-state index in [9.17, 15) is 19.7 Å². The summed E-state index contributed by atoms with van der Waals surface area (Å²) in [4.78, 5) is 34.9. The van der Waals surface area contributed by atoms with Gasteiger partial charge < -0.3 is 19.5 Å². The van der Waals surface area contributed by atoms with E-state index in [1.807, 2.05) is 0 Å². The number of amides is 1. The topological polar surface area (TPSA) is 117 Å². The number of fused-ring (bicyclic) bond motifs is 1. The number of esters is 1. The summed E-state index contributed by atoms with van der Waals surface area (Å²) in [6, 6.07) is 10.2. The molecule has 0 aromatic heterocycles. The first kappa shape index (κ1) is 19.3. The van der Waals surface area contributed by atoms with Crippen molar-refractivity contribution in [2.24, 2.45) is 0 Å². The van der Waals surface area contributed by atoms with Gasteiger partial charge in [0.25, 0.3) is 11.6 Å². The molecular formula is C19H18N2O7. The summed E-state index contributed by atoms with van der Waals surface area (Å²) < 4.78 is 15.8. The normalized spacial score (nSPS) is 13.6.